The van der Waals surface area contributed by atoms with Crippen molar-refractivity contribution in [1.82, 2.24) is 4.13 Å². The number of anilines is 2. The number of aliphatic imine (C=N–C) groups is 1. The zero-order valence-electron chi connectivity index (χ0n) is 29.1. The predicted octanol–water partition coefficient (Wildman–Crippen LogP) is 7.68. The fraction of sp³-hybridized carbons (Fsp3) is 0.237. The molecule has 0 radical (unpaired) electrons. The first-order chi connectivity index (χ1) is 25.2. The maximum atomic E-state index is 14.1. The van der Waals surface area contributed by atoms with Crippen molar-refractivity contribution in [3.63, 3.8) is 0 Å². The van der Waals surface area contributed by atoms with Crippen LogP contribution in [0.25, 0.3) is 11.1 Å². The number of benzene rings is 4. The topological polar surface area (TPSA) is 108 Å². The maximum Gasteiger partial charge on any atom is 0.259 e. The van der Waals surface area contributed by atoms with Crippen LogP contribution >= 0.6 is 0 Å². The van der Waals surface area contributed by atoms with E-state index >= 15 is 0 Å². The molecule has 0 saturated heterocycles. The van der Waals surface area contributed by atoms with E-state index in [4.69, 9.17) is 0 Å². The second-order valence-corrected chi connectivity index (χ2v) is 15.6. The average Bonchev–Trinajstić information content (AvgIpc) is 3.13. The molecule has 15 heteroatoms. The molecule has 5 rings (SSSR count). The highest BCUT2D eigenvalue weighted by Crippen LogP contribution is 2.38. The van der Waals surface area contributed by atoms with Crippen molar-refractivity contribution < 1.29 is 38.8 Å². The molecule has 0 unspecified atom stereocenters. The highest BCUT2D eigenvalue weighted by atomic mass is 32.3. The summed E-state index contributed by atoms with van der Waals surface area (Å²) in [6, 6.07) is 24.1. The molecular formula is C38H37F5N4O4S2. The second kappa shape index (κ2) is 16.4. The summed E-state index contributed by atoms with van der Waals surface area (Å²) in [5.74, 6) is -13.9. The number of nitrogens with zero attached hydrogens (tertiary/aromatic N) is 2. The molecule has 0 spiro atoms. The van der Waals surface area contributed by atoms with E-state index in [1.807, 2.05) is 49.4 Å². The van der Waals surface area contributed by atoms with Crippen LogP contribution < -0.4 is 14.3 Å². The summed E-state index contributed by atoms with van der Waals surface area (Å²) >= 11 is 0. The number of hydrogen-bond donors (Lipinski definition) is 2. The normalized spacial score (nSPS) is 14.7. The first kappa shape index (κ1) is 39.3. The van der Waals surface area contributed by atoms with E-state index in [0.29, 0.717) is 5.71 Å². The Morgan fingerprint density at radius 1 is 0.698 bits per heavy atom. The molecule has 0 atom stereocenters. The van der Waals surface area contributed by atoms with Crippen LogP contribution in [0.5, 0.6) is 0 Å². The van der Waals surface area contributed by atoms with E-state index < -0.39 is 59.8 Å². The van der Waals surface area contributed by atoms with Crippen molar-refractivity contribution >= 4 is 48.3 Å². The minimum absolute atomic E-state index is 0.109. The Labute approximate surface area is 305 Å². The Morgan fingerprint density at radius 3 is 1.81 bits per heavy atom. The number of fused-ring (bicyclic) bond motifs is 1. The van der Waals surface area contributed by atoms with Crippen LogP contribution in [0.4, 0.5) is 33.3 Å². The van der Waals surface area contributed by atoms with Crippen LogP contribution in [-0.4, -0.2) is 54.5 Å². The Hall–Kier alpha value is -4.86. The smallest absolute Gasteiger partial charge is 0.259 e. The van der Waals surface area contributed by atoms with Crippen molar-refractivity contribution in [2.24, 2.45) is 4.99 Å². The van der Waals surface area contributed by atoms with Crippen molar-refractivity contribution in [3.05, 3.63) is 136 Å². The molecule has 0 heterocycles. The molecule has 1 aliphatic rings. The molecule has 0 aromatic heterocycles. The van der Waals surface area contributed by atoms with Gasteiger partial charge in [0.1, 0.15) is 0 Å². The van der Waals surface area contributed by atoms with Crippen LogP contribution in [0.15, 0.2) is 94.8 Å². The van der Waals surface area contributed by atoms with Gasteiger partial charge >= 0.3 is 0 Å². The monoisotopic (exact) mass is 772 g/mol. The second-order valence-electron chi connectivity index (χ2n) is 11.9. The number of sulfonamides is 2. The molecule has 53 heavy (non-hydrogen) atoms. The van der Waals surface area contributed by atoms with Gasteiger partial charge in [0.2, 0.25) is 15.8 Å². The van der Waals surface area contributed by atoms with Gasteiger partial charge in [0.05, 0.1) is 11.5 Å². The summed E-state index contributed by atoms with van der Waals surface area (Å²) in [4.78, 5) is 4.52. The summed E-state index contributed by atoms with van der Waals surface area (Å²) in [6.07, 6.45) is 3.49. The third kappa shape index (κ3) is 8.53. The summed E-state index contributed by atoms with van der Waals surface area (Å²) in [5.41, 5.74) is 8.14. The molecule has 0 aliphatic heterocycles. The third-order valence-electron chi connectivity index (χ3n) is 8.54. The van der Waals surface area contributed by atoms with Gasteiger partial charge < -0.3 is 10.2 Å². The lowest BCUT2D eigenvalue weighted by molar-refractivity contribution is 0.357. The van der Waals surface area contributed by atoms with Crippen molar-refractivity contribution in [2.45, 2.75) is 32.1 Å². The lowest BCUT2D eigenvalue weighted by atomic mass is 9.83. The van der Waals surface area contributed by atoms with Crippen LogP contribution in [0.1, 0.15) is 49.4 Å². The minimum Gasteiger partial charge on any atom is -0.385 e. The molecule has 0 amide bonds. The molecule has 0 bridgehead atoms. The molecule has 1 aliphatic carbocycles. The van der Waals surface area contributed by atoms with Gasteiger partial charge in [-0.05, 0) is 85.4 Å². The number of hydrogen-bond acceptors (Lipinski definition) is 7. The van der Waals surface area contributed by atoms with Crippen molar-refractivity contribution in [1.29, 1.82) is 0 Å². The van der Waals surface area contributed by atoms with Gasteiger partial charge in [0.25, 0.3) is 10.0 Å². The lowest BCUT2D eigenvalue weighted by Crippen LogP contribution is -2.34. The van der Waals surface area contributed by atoms with E-state index in [1.54, 1.807) is 6.08 Å². The molecule has 0 saturated carbocycles. The Bertz CT molecular complexity index is 2280. The predicted molar refractivity (Wildman–Crippen MR) is 198 cm³/mol. The summed E-state index contributed by atoms with van der Waals surface area (Å²) in [5, 5.41) is 3.32. The molecule has 4 aromatic rings. The molecule has 280 valence electrons. The van der Waals surface area contributed by atoms with Gasteiger partial charge in [-0.2, -0.15) is 0 Å². The van der Waals surface area contributed by atoms with Crippen molar-refractivity contribution in [3.8, 4) is 0 Å². The number of allylic oxidation sites excluding steroid dienone is 3. The SMILES string of the molecule is CCNc1ccc(C(=C2C=CC(=NCCCS(=O)(=O)NS(=O)(=O)c3c(F)c(F)c(F)c(F)c3F)c3ccccc32)c2ccc(N(CC)CC)cc2)cc1. The minimum atomic E-state index is -5.71. The fourth-order valence-electron chi connectivity index (χ4n) is 6.03. The van der Waals surface area contributed by atoms with E-state index in [-0.39, 0.29) is 13.0 Å². The zero-order chi connectivity index (χ0) is 38.5. The van der Waals surface area contributed by atoms with E-state index in [0.717, 1.165) is 68.5 Å². The molecular weight excluding hydrogens is 736 g/mol. The van der Waals surface area contributed by atoms with Crippen molar-refractivity contribution in [2.75, 3.05) is 42.1 Å². The quantitative estimate of drug-likeness (QED) is 0.0590. The first-order valence-corrected chi connectivity index (χ1v) is 19.9. The highest BCUT2D eigenvalue weighted by Gasteiger charge is 2.36. The van der Waals surface area contributed by atoms with Gasteiger partial charge in [0.15, 0.2) is 28.2 Å². The molecule has 0 fully saturated rings. The summed E-state index contributed by atoms with van der Waals surface area (Å²) in [6.45, 7) is 8.64. The molecule has 8 nitrogen and oxygen atoms in total. The highest BCUT2D eigenvalue weighted by molar-refractivity contribution is 8.04. The first-order valence-electron chi connectivity index (χ1n) is 16.8. The van der Waals surface area contributed by atoms with Gasteiger partial charge in [-0.3, -0.25) is 4.99 Å². The van der Waals surface area contributed by atoms with Gasteiger partial charge in [-0.15, -0.1) is 4.13 Å². The van der Waals surface area contributed by atoms with E-state index in [9.17, 15) is 38.8 Å². The maximum absolute atomic E-state index is 14.1. The van der Waals surface area contributed by atoms with Crippen LogP contribution in [0, 0.1) is 29.1 Å². The van der Waals surface area contributed by atoms with Crippen LogP contribution in [0.3, 0.4) is 0 Å². The molecule has 2 N–H and O–H groups in total. The summed E-state index contributed by atoms with van der Waals surface area (Å²) in [7, 11) is -10.5. The van der Waals surface area contributed by atoms with Gasteiger partial charge in [0, 0.05) is 43.1 Å². The Morgan fingerprint density at radius 2 is 1.25 bits per heavy atom. The zero-order valence-corrected chi connectivity index (χ0v) is 30.7. The van der Waals surface area contributed by atoms with Gasteiger partial charge in [-0.1, -0.05) is 54.6 Å². The van der Waals surface area contributed by atoms with E-state index in [2.05, 4.69) is 65.5 Å². The van der Waals surface area contributed by atoms with Crippen LogP contribution in [0.2, 0.25) is 0 Å². The Kier molecular flexibility index (Phi) is 12.2. The number of halogens is 5. The van der Waals surface area contributed by atoms with Gasteiger partial charge in [-0.25, -0.2) is 38.8 Å². The lowest BCUT2D eigenvalue weighted by Gasteiger charge is -2.23. The molecule has 4 aromatic carbocycles. The number of rotatable bonds is 14. The van der Waals surface area contributed by atoms with E-state index in [1.165, 1.54) is 0 Å². The average molecular weight is 773 g/mol. The standard InChI is InChI=1S/C38H37F5N4O4S2/c1-4-44-26-16-12-24(13-17-26)32(25-14-18-27(19-15-25)47(5-2)6-3)30-20-21-31(29-11-8-7-10-28(29)30)45-22-9-23-52(48,49)46-53(50,51)38-36(42)34(40)33(39)35(41)37(38)43/h7-8,10-21,44,46H,4-6,9,22-23H2,1-3H3. The van der Waals surface area contributed by atoms with Crippen LogP contribution in [-0.2, 0) is 20.0 Å². The fourth-order valence-corrected chi connectivity index (χ4v) is 9.19. The largest absolute Gasteiger partial charge is 0.385 e. The summed E-state index contributed by atoms with van der Waals surface area (Å²) < 4.78 is 120. The Balaban J connectivity index is 1.43. The third-order valence-corrected chi connectivity index (χ3v) is 12.2. The number of nitrogens with one attached hydrogen (secondary N) is 2.